The standard InChI is InChI=1S/C17H15NO7/c1-9(19)25-13-4-2-11(3-5-13)18-17(24)14-8-12(20)6-10(16(14)23)7-15(21)22/h2-6,8,20,23H,7H2,1H3,(H,18,24)(H,21,22). The van der Waals surface area contributed by atoms with Gasteiger partial charge in [0, 0.05) is 18.2 Å². The zero-order valence-corrected chi connectivity index (χ0v) is 13.1. The van der Waals surface area contributed by atoms with E-state index in [2.05, 4.69) is 5.32 Å². The maximum absolute atomic E-state index is 12.3. The van der Waals surface area contributed by atoms with Gasteiger partial charge in [0.05, 0.1) is 12.0 Å². The summed E-state index contributed by atoms with van der Waals surface area (Å²) in [6, 6.07) is 8.00. The van der Waals surface area contributed by atoms with Gasteiger partial charge in [-0.05, 0) is 36.4 Å². The highest BCUT2D eigenvalue weighted by atomic mass is 16.5. The summed E-state index contributed by atoms with van der Waals surface area (Å²) >= 11 is 0. The number of phenolic OH excluding ortho intramolecular Hbond substituents is 2. The molecule has 0 aliphatic carbocycles. The molecule has 0 spiro atoms. The molecule has 0 aliphatic rings. The van der Waals surface area contributed by atoms with Gasteiger partial charge in [0.15, 0.2) is 0 Å². The van der Waals surface area contributed by atoms with E-state index in [0.717, 1.165) is 12.1 Å². The number of anilines is 1. The van der Waals surface area contributed by atoms with Crippen molar-refractivity contribution in [2.45, 2.75) is 13.3 Å². The highest BCUT2D eigenvalue weighted by molar-refractivity contribution is 6.06. The number of aliphatic carboxylic acids is 1. The molecule has 2 aromatic carbocycles. The van der Waals surface area contributed by atoms with Crippen LogP contribution in [0, 0.1) is 0 Å². The number of nitrogens with one attached hydrogen (secondary N) is 1. The molecule has 25 heavy (non-hydrogen) atoms. The molecule has 0 atom stereocenters. The number of rotatable bonds is 5. The van der Waals surface area contributed by atoms with E-state index in [1.165, 1.54) is 31.2 Å². The van der Waals surface area contributed by atoms with E-state index < -0.39 is 30.0 Å². The largest absolute Gasteiger partial charge is 0.508 e. The Labute approximate surface area is 142 Å². The third-order valence-corrected chi connectivity index (χ3v) is 3.13. The molecule has 0 radical (unpaired) electrons. The predicted molar refractivity (Wildman–Crippen MR) is 86.8 cm³/mol. The lowest BCUT2D eigenvalue weighted by atomic mass is 10.0. The molecule has 0 fully saturated rings. The van der Waals surface area contributed by atoms with Gasteiger partial charge < -0.3 is 25.4 Å². The van der Waals surface area contributed by atoms with Gasteiger partial charge in [-0.25, -0.2) is 0 Å². The van der Waals surface area contributed by atoms with Crippen molar-refractivity contribution in [3.8, 4) is 17.2 Å². The average Bonchev–Trinajstić information content (AvgIpc) is 2.51. The second-order valence-electron chi connectivity index (χ2n) is 5.14. The monoisotopic (exact) mass is 345 g/mol. The van der Waals surface area contributed by atoms with Gasteiger partial charge in [0.25, 0.3) is 5.91 Å². The Balaban J connectivity index is 2.21. The summed E-state index contributed by atoms with van der Waals surface area (Å²) in [5.74, 6) is -2.99. The molecule has 0 heterocycles. The van der Waals surface area contributed by atoms with Crippen LogP contribution in [0.5, 0.6) is 17.2 Å². The first-order valence-corrected chi connectivity index (χ1v) is 7.12. The lowest BCUT2D eigenvalue weighted by molar-refractivity contribution is -0.136. The van der Waals surface area contributed by atoms with Gasteiger partial charge >= 0.3 is 11.9 Å². The Bertz CT molecular complexity index is 828. The number of esters is 1. The SMILES string of the molecule is CC(=O)Oc1ccc(NC(=O)c2cc(O)cc(CC(=O)O)c2O)cc1. The van der Waals surface area contributed by atoms with Crippen LogP contribution in [-0.4, -0.2) is 33.2 Å². The van der Waals surface area contributed by atoms with Crippen molar-refractivity contribution >= 4 is 23.5 Å². The molecule has 2 aromatic rings. The Morgan fingerprint density at radius 2 is 1.72 bits per heavy atom. The zero-order chi connectivity index (χ0) is 18.6. The number of phenols is 2. The third-order valence-electron chi connectivity index (χ3n) is 3.13. The number of aromatic hydroxyl groups is 2. The topological polar surface area (TPSA) is 133 Å². The van der Waals surface area contributed by atoms with E-state index >= 15 is 0 Å². The highest BCUT2D eigenvalue weighted by Gasteiger charge is 2.18. The van der Waals surface area contributed by atoms with Crippen LogP contribution in [0.15, 0.2) is 36.4 Å². The minimum absolute atomic E-state index is 0.0807. The maximum atomic E-state index is 12.3. The molecule has 8 nitrogen and oxygen atoms in total. The summed E-state index contributed by atoms with van der Waals surface area (Å²) in [4.78, 5) is 33.9. The number of amides is 1. The van der Waals surface area contributed by atoms with E-state index in [-0.39, 0.29) is 16.9 Å². The Kier molecular flexibility index (Phi) is 5.23. The third kappa shape index (κ3) is 4.71. The van der Waals surface area contributed by atoms with E-state index in [9.17, 15) is 24.6 Å². The molecular formula is C17H15NO7. The molecule has 0 unspecified atom stereocenters. The molecule has 0 saturated heterocycles. The van der Waals surface area contributed by atoms with Gasteiger partial charge in [-0.3, -0.25) is 14.4 Å². The first-order chi connectivity index (χ1) is 11.8. The number of carboxylic acid groups (broad SMARTS) is 1. The quantitative estimate of drug-likeness (QED) is 0.369. The van der Waals surface area contributed by atoms with E-state index in [0.29, 0.717) is 11.4 Å². The Morgan fingerprint density at radius 3 is 2.28 bits per heavy atom. The van der Waals surface area contributed by atoms with Crippen molar-refractivity contribution in [3.63, 3.8) is 0 Å². The Morgan fingerprint density at radius 1 is 1.08 bits per heavy atom. The van der Waals surface area contributed by atoms with Crippen LogP contribution >= 0.6 is 0 Å². The highest BCUT2D eigenvalue weighted by Crippen LogP contribution is 2.29. The van der Waals surface area contributed by atoms with Gasteiger partial charge in [0.1, 0.15) is 17.2 Å². The summed E-state index contributed by atoms with van der Waals surface area (Å²) < 4.78 is 4.87. The number of carboxylic acids is 1. The second kappa shape index (κ2) is 7.35. The van der Waals surface area contributed by atoms with Crippen molar-refractivity contribution in [3.05, 3.63) is 47.5 Å². The summed E-state index contributed by atoms with van der Waals surface area (Å²) in [5.41, 5.74) is 0.00611. The van der Waals surface area contributed by atoms with Crippen molar-refractivity contribution in [1.29, 1.82) is 0 Å². The lowest BCUT2D eigenvalue weighted by Gasteiger charge is -2.11. The van der Waals surface area contributed by atoms with E-state index in [1.807, 2.05) is 0 Å². The molecule has 2 rings (SSSR count). The molecule has 0 aliphatic heterocycles. The summed E-state index contributed by atoms with van der Waals surface area (Å²) in [7, 11) is 0. The number of carbonyl (C=O) groups excluding carboxylic acids is 2. The van der Waals surface area contributed by atoms with Crippen LogP contribution in [-0.2, 0) is 16.0 Å². The zero-order valence-electron chi connectivity index (χ0n) is 13.1. The Hall–Kier alpha value is -3.55. The van der Waals surface area contributed by atoms with Crippen molar-refractivity contribution in [2.75, 3.05) is 5.32 Å². The minimum Gasteiger partial charge on any atom is -0.508 e. The van der Waals surface area contributed by atoms with Crippen LogP contribution in [0.2, 0.25) is 0 Å². The second-order valence-corrected chi connectivity index (χ2v) is 5.14. The van der Waals surface area contributed by atoms with Gasteiger partial charge in [-0.2, -0.15) is 0 Å². The average molecular weight is 345 g/mol. The maximum Gasteiger partial charge on any atom is 0.308 e. The van der Waals surface area contributed by atoms with Crippen LogP contribution < -0.4 is 10.1 Å². The fraction of sp³-hybridized carbons (Fsp3) is 0.118. The number of hydrogen-bond donors (Lipinski definition) is 4. The lowest BCUT2D eigenvalue weighted by Crippen LogP contribution is -2.13. The normalized spacial score (nSPS) is 10.1. The molecule has 4 N–H and O–H groups in total. The van der Waals surface area contributed by atoms with Crippen molar-refractivity contribution in [2.24, 2.45) is 0 Å². The summed E-state index contributed by atoms with van der Waals surface area (Å²) in [6.45, 7) is 1.26. The first-order valence-electron chi connectivity index (χ1n) is 7.12. The molecule has 0 bridgehead atoms. The first kappa shape index (κ1) is 17.8. The van der Waals surface area contributed by atoms with Gasteiger partial charge in [-0.15, -0.1) is 0 Å². The van der Waals surface area contributed by atoms with Crippen LogP contribution in [0.3, 0.4) is 0 Å². The fourth-order valence-corrected chi connectivity index (χ4v) is 2.12. The van der Waals surface area contributed by atoms with Crippen LogP contribution in [0.25, 0.3) is 0 Å². The van der Waals surface area contributed by atoms with Gasteiger partial charge in [-0.1, -0.05) is 0 Å². The minimum atomic E-state index is -1.21. The number of benzene rings is 2. The molecule has 8 heteroatoms. The molecule has 0 aromatic heterocycles. The van der Waals surface area contributed by atoms with E-state index in [1.54, 1.807) is 0 Å². The van der Waals surface area contributed by atoms with Crippen LogP contribution in [0.4, 0.5) is 5.69 Å². The van der Waals surface area contributed by atoms with E-state index in [4.69, 9.17) is 9.84 Å². The number of carbonyl (C=O) groups is 3. The summed E-state index contributed by atoms with van der Waals surface area (Å²) in [6.07, 6.45) is -0.544. The molecule has 1 amide bonds. The molecular weight excluding hydrogens is 330 g/mol. The molecule has 130 valence electrons. The summed E-state index contributed by atoms with van der Waals surface area (Å²) in [5, 5.41) is 31.0. The smallest absolute Gasteiger partial charge is 0.308 e. The number of hydrogen-bond acceptors (Lipinski definition) is 6. The van der Waals surface area contributed by atoms with Crippen molar-refractivity contribution in [1.82, 2.24) is 0 Å². The predicted octanol–water partition coefficient (Wildman–Crippen LogP) is 1.90. The number of ether oxygens (including phenoxy) is 1. The van der Waals surface area contributed by atoms with Crippen molar-refractivity contribution < 1.29 is 34.4 Å². The fourth-order valence-electron chi connectivity index (χ4n) is 2.12. The van der Waals surface area contributed by atoms with Gasteiger partial charge in [0.2, 0.25) is 0 Å². The molecule has 0 saturated carbocycles. The van der Waals surface area contributed by atoms with Crippen LogP contribution in [0.1, 0.15) is 22.8 Å².